The van der Waals surface area contributed by atoms with Crippen LogP contribution in [0.2, 0.25) is 0 Å². The zero-order chi connectivity index (χ0) is 54.7. The molecule has 0 saturated heterocycles. The van der Waals surface area contributed by atoms with Crippen molar-refractivity contribution in [3.8, 4) is 55.6 Å². The van der Waals surface area contributed by atoms with Crippen molar-refractivity contribution in [1.82, 2.24) is 0 Å². The van der Waals surface area contributed by atoms with Gasteiger partial charge in [-0.05, 0) is 173 Å². The van der Waals surface area contributed by atoms with E-state index in [4.69, 9.17) is 8.22 Å². The van der Waals surface area contributed by atoms with Crippen LogP contribution in [0.15, 0.2) is 292 Å². The third-order valence-electron chi connectivity index (χ3n) is 14.0. The van der Waals surface area contributed by atoms with Crippen LogP contribution in [0.25, 0.3) is 89.3 Å². The molecule has 0 bridgehead atoms. The van der Waals surface area contributed by atoms with E-state index in [1.54, 1.807) is 12.1 Å². The molecule has 74 heavy (non-hydrogen) atoms. The molecule has 0 unspecified atom stereocenters. The Hall–Kier alpha value is -9.76. The van der Waals surface area contributed by atoms with Gasteiger partial charge in [0.1, 0.15) is 0 Å². The van der Waals surface area contributed by atoms with Crippen LogP contribution < -0.4 is 9.80 Å². The summed E-state index contributed by atoms with van der Waals surface area (Å²) in [6, 6.07) is 96.2. The molecule has 2 heteroatoms. The Balaban J connectivity index is 0.875. The van der Waals surface area contributed by atoms with Crippen LogP contribution in [-0.4, -0.2) is 0 Å². The van der Waals surface area contributed by atoms with Crippen molar-refractivity contribution in [1.29, 1.82) is 0 Å². The summed E-state index contributed by atoms with van der Waals surface area (Å²) in [5, 5.41) is 4.81. The first-order chi connectivity index (χ1) is 39.1. The maximum Gasteiger partial charge on any atom is 0.0623 e. The fourth-order valence-corrected chi connectivity index (χ4v) is 10.2. The minimum atomic E-state index is -0.516. The van der Waals surface area contributed by atoms with Crippen LogP contribution in [0, 0.1) is 0 Å². The molecule has 12 rings (SSSR count). The molecule has 0 aliphatic heterocycles. The lowest BCUT2D eigenvalue weighted by Gasteiger charge is -2.27. The summed E-state index contributed by atoms with van der Waals surface area (Å²) in [7, 11) is 0. The molecule has 12 aromatic rings. The molecular weight excluding hydrogens is 893 g/mol. The largest absolute Gasteiger partial charge is 0.311 e. The second-order valence-electron chi connectivity index (χ2n) is 18.4. The summed E-state index contributed by atoms with van der Waals surface area (Å²) >= 11 is 0. The van der Waals surface area contributed by atoms with Gasteiger partial charge in [0.15, 0.2) is 0 Å². The fourth-order valence-electron chi connectivity index (χ4n) is 10.2. The Kier molecular flexibility index (Phi) is 10.6. The summed E-state index contributed by atoms with van der Waals surface area (Å²) < 4.78 is 47.4. The van der Waals surface area contributed by atoms with Gasteiger partial charge in [-0.25, -0.2) is 0 Å². The van der Waals surface area contributed by atoms with Crippen molar-refractivity contribution >= 4 is 67.8 Å². The number of benzene rings is 12. The molecule has 0 fully saturated rings. The van der Waals surface area contributed by atoms with E-state index in [9.17, 15) is 0 Å². The third kappa shape index (κ3) is 9.09. The molecule has 0 radical (unpaired) electrons. The first-order valence-corrected chi connectivity index (χ1v) is 24.8. The van der Waals surface area contributed by atoms with E-state index < -0.39 is 13.1 Å². The average Bonchev–Trinajstić information content (AvgIpc) is 3.52. The standard InChI is InChI=1S/C72H52N2/c1-3-51-13-9-19-61(49-51)55-29-41-65(42-30-55)73(67-45-33-59(34-46-67)71-23-11-17-57-15-5-7-21-69(57)71)63-37-25-53(26-38-63)54-27-39-64(40-28-54)74(66-43-31-56(32-44-66)62-20-10-14-52(4-2)50-62)68-47-35-60(36-48-68)72-24-12-18-58-16-6-8-22-70(58)72/h3-50H,1-2H2/i1D2,2D2,3D,4D. The van der Waals surface area contributed by atoms with Crippen molar-refractivity contribution in [2.75, 3.05) is 9.80 Å². The van der Waals surface area contributed by atoms with Crippen LogP contribution in [-0.2, 0) is 0 Å². The fraction of sp³-hybridized carbons (Fsp3) is 0. The number of hydrogen-bond acceptors (Lipinski definition) is 2. The molecule has 2 nitrogen and oxygen atoms in total. The van der Waals surface area contributed by atoms with Gasteiger partial charge >= 0.3 is 0 Å². The minimum Gasteiger partial charge on any atom is -0.311 e. The van der Waals surface area contributed by atoms with Gasteiger partial charge in [-0.1, -0.05) is 219 Å². The van der Waals surface area contributed by atoms with E-state index in [2.05, 4.69) is 240 Å². The maximum absolute atomic E-state index is 8.26. The van der Waals surface area contributed by atoms with Crippen molar-refractivity contribution in [3.63, 3.8) is 0 Å². The van der Waals surface area contributed by atoms with Crippen LogP contribution >= 0.6 is 0 Å². The summed E-state index contributed by atoms with van der Waals surface area (Å²) in [6.07, 6.45) is 0. The molecule has 0 atom stereocenters. The van der Waals surface area contributed by atoms with Crippen LogP contribution in [0.1, 0.15) is 19.4 Å². The Labute approximate surface area is 442 Å². The topological polar surface area (TPSA) is 6.48 Å². The van der Waals surface area contributed by atoms with Crippen molar-refractivity contribution in [2.24, 2.45) is 0 Å². The van der Waals surface area contributed by atoms with Crippen LogP contribution in [0.3, 0.4) is 0 Å². The monoisotopic (exact) mass is 950 g/mol. The number of nitrogens with zero attached hydrogens (tertiary/aromatic N) is 2. The maximum atomic E-state index is 8.26. The van der Waals surface area contributed by atoms with Gasteiger partial charge in [0.2, 0.25) is 0 Å². The predicted molar refractivity (Wildman–Crippen MR) is 318 cm³/mol. The van der Waals surface area contributed by atoms with Gasteiger partial charge in [-0.15, -0.1) is 0 Å². The molecule has 0 heterocycles. The van der Waals surface area contributed by atoms with Crippen molar-refractivity contribution < 1.29 is 8.22 Å². The highest BCUT2D eigenvalue weighted by molar-refractivity contribution is 5.98. The van der Waals surface area contributed by atoms with E-state index in [0.29, 0.717) is 11.1 Å². The Morgan fingerprint density at radius 2 is 0.554 bits per heavy atom. The van der Waals surface area contributed by atoms with Gasteiger partial charge < -0.3 is 9.80 Å². The number of anilines is 6. The molecule has 0 saturated carbocycles. The van der Waals surface area contributed by atoms with E-state index in [-0.39, 0.29) is 12.1 Å². The van der Waals surface area contributed by atoms with Gasteiger partial charge in [0.05, 0.1) is 8.22 Å². The first-order valence-electron chi connectivity index (χ1n) is 27.8. The number of hydrogen-bond donors (Lipinski definition) is 0. The lowest BCUT2D eigenvalue weighted by Crippen LogP contribution is -2.10. The van der Waals surface area contributed by atoms with Gasteiger partial charge in [0.25, 0.3) is 0 Å². The van der Waals surface area contributed by atoms with Crippen LogP contribution in [0.5, 0.6) is 0 Å². The molecule has 0 aromatic heterocycles. The lowest BCUT2D eigenvalue weighted by atomic mass is 9.98. The molecule has 0 aliphatic carbocycles. The zero-order valence-electron chi connectivity index (χ0n) is 46.5. The molecule has 0 spiro atoms. The third-order valence-corrected chi connectivity index (χ3v) is 14.0. The Morgan fingerprint density at radius 1 is 0.270 bits per heavy atom. The number of rotatable bonds is 13. The summed E-state index contributed by atoms with van der Waals surface area (Å²) in [4.78, 5) is 4.52. The number of fused-ring (bicyclic) bond motifs is 2. The zero-order valence-corrected chi connectivity index (χ0v) is 40.5. The molecule has 0 amide bonds. The van der Waals surface area contributed by atoms with Crippen LogP contribution in [0.4, 0.5) is 34.1 Å². The lowest BCUT2D eigenvalue weighted by molar-refractivity contribution is 1.28. The normalized spacial score (nSPS) is 12.1. The highest BCUT2D eigenvalue weighted by atomic mass is 15.1. The second kappa shape index (κ2) is 20.2. The summed E-state index contributed by atoms with van der Waals surface area (Å²) in [6.45, 7) is -1.03. The first kappa shape index (κ1) is 38.9. The van der Waals surface area contributed by atoms with E-state index in [1.807, 2.05) is 36.4 Å². The average molecular weight is 951 g/mol. The molecule has 350 valence electrons. The van der Waals surface area contributed by atoms with Gasteiger partial charge in [0, 0.05) is 34.1 Å². The predicted octanol–water partition coefficient (Wildman–Crippen LogP) is 20.6. The SMILES string of the molecule is [2H]C([2H])=C([2H])c1cccc(-c2ccc(N(c3ccc(-c4ccc(N(c5ccc(-c6cccc(C([2H])=C([2H])[2H])c6)cc5)c5ccc(-c6cccc7ccccc67)cc5)cc4)cc3)c3ccc(-c4cccc5ccccc45)cc3)cc2)c1. The highest BCUT2D eigenvalue weighted by Crippen LogP contribution is 2.41. The molecular formula is C72H52N2. The molecule has 12 aromatic carbocycles. The smallest absolute Gasteiger partial charge is 0.0623 e. The van der Waals surface area contributed by atoms with E-state index >= 15 is 0 Å². The second-order valence-corrected chi connectivity index (χ2v) is 18.4. The summed E-state index contributed by atoms with van der Waals surface area (Å²) in [5.74, 6) is 0. The molecule has 0 aliphatic rings. The van der Waals surface area contributed by atoms with Crippen molar-refractivity contribution in [3.05, 3.63) is 303 Å². The Bertz CT molecular complexity index is 3970. The minimum absolute atomic E-state index is 0.113. The van der Waals surface area contributed by atoms with E-state index in [0.717, 1.165) is 78.6 Å². The highest BCUT2D eigenvalue weighted by Gasteiger charge is 2.17. The van der Waals surface area contributed by atoms with Gasteiger partial charge in [-0.3, -0.25) is 0 Å². The van der Waals surface area contributed by atoms with Crippen molar-refractivity contribution in [2.45, 2.75) is 0 Å². The molecule has 0 N–H and O–H groups in total. The van der Waals surface area contributed by atoms with Gasteiger partial charge in [-0.2, -0.15) is 0 Å². The Morgan fingerprint density at radius 3 is 0.892 bits per heavy atom. The quantitative estimate of drug-likeness (QED) is 0.114. The summed E-state index contributed by atoms with van der Waals surface area (Å²) in [5.41, 5.74) is 17.5. The van der Waals surface area contributed by atoms with E-state index in [1.165, 1.54) is 32.7 Å².